The smallest absolute Gasteiger partial charge is 0.325 e. The molecule has 7 nitrogen and oxygen atoms in total. The van der Waals surface area contributed by atoms with E-state index in [9.17, 15) is 13.2 Å². The molecule has 0 aliphatic carbocycles. The number of hydrogen-bond donors (Lipinski definition) is 4. The Bertz CT molecular complexity index is 564. The maximum absolute atomic E-state index is 11.6. The Balaban J connectivity index is 2.96. The summed E-state index contributed by atoms with van der Waals surface area (Å²) in [7, 11) is -3.79. The number of rotatable bonds is 4. The van der Waals surface area contributed by atoms with Crippen LogP contribution < -0.4 is 21.2 Å². The molecule has 9 heteroatoms. The number of nitrogens with one attached hydrogen (secondary N) is 2. The molecule has 0 saturated carbocycles. The fraction of sp³-hybridized carbons (Fsp3) is 0.111. The van der Waals surface area contributed by atoms with Crippen molar-refractivity contribution in [2.24, 2.45) is 11.5 Å². The highest BCUT2D eigenvalue weighted by atomic mass is 35.5. The molecule has 0 spiro atoms. The zero-order valence-corrected chi connectivity index (χ0v) is 10.8. The van der Waals surface area contributed by atoms with E-state index in [0.29, 0.717) is 5.69 Å². The van der Waals surface area contributed by atoms with Gasteiger partial charge in [-0.2, -0.15) is 12.8 Å². The molecule has 0 saturated heterocycles. The van der Waals surface area contributed by atoms with Crippen LogP contribution in [0.5, 0.6) is 0 Å². The van der Waals surface area contributed by atoms with E-state index in [0.717, 1.165) is 0 Å². The van der Waals surface area contributed by atoms with E-state index in [-0.39, 0.29) is 16.7 Å². The third-order valence-corrected chi connectivity index (χ3v) is 3.46. The van der Waals surface area contributed by atoms with Gasteiger partial charge in [-0.25, -0.2) is 0 Å². The second kappa shape index (κ2) is 5.69. The number of hydrogen-bond acceptors (Lipinski definition) is 3. The molecule has 6 N–H and O–H groups in total. The van der Waals surface area contributed by atoms with Crippen LogP contribution in [0.25, 0.3) is 0 Å². The van der Waals surface area contributed by atoms with Gasteiger partial charge in [0, 0.05) is 5.69 Å². The Kier molecular flexibility index (Phi) is 4.51. The van der Waals surface area contributed by atoms with Crippen molar-refractivity contribution in [2.45, 2.75) is 4.90 Å². The molecule has 1 aromatic carbocycles. The van der Waals surface area contributed by atoms with Gasteiger partial charge in [0.15, 0.2) is 0 Å². The molecule has 0 unspecified atom stereocenters. The maximum Gasteiger partial charge on any atom is 0.353 e. The molecule has 1 aromatic rings. The SMILES string of the molecule is NC(N)=[NH+]S(=O)(=O)c1ccc(NC(=O)CCl)cc1. The monoisotopic (exact) mass is 291 g/mol. The van der Waals surface area contributed by atoms with Crippen LogP contribution >= 0.6 is 11.6 Å². The number of benzene rings is 1. The Morgan fingerprint density at radius 1 is 1.28 bits per heavy atom. The molecule has 0 fully saturated rings. The quantitative estimate of drug-likeness (QED) is 0.287. The van der Waals surface area contributed by atoms with Gasteiger partial charge in [0.2, 0.25) is 5.91 Å². The van der Waals surface area contributed by atoms with Crippen molar-refractivity contribution in [3.63, 3.8) is 0 Å². The number of carbonyl (C=O) groups excluding carboxylic acids is 1. The minimum absolute atomic E-state index is 0.0280. The van der Waals surface area contributed by atoms with Crippen molar-refractivity contribution in [3.05, 3.63) is 24.3 Å². The Hall–Kier alpha value is -1.80. The van der Waals surface area contributed by atoms with Crippen molar-refractivity contribution in [1.82, 2.24) is 0 Å². The fourth-order valence-electron chi connectivity index (χ4n) is 1.13. The molecule has 0 aliphatic rings. The van der Waals surface area contributed by atoms with Crippen molar-refractivity contribution >= 4 is 39.2 Å². The molecule has 0 heterocycles. The van der Waals surface area contributed by atoms with Crippen LogP contribution in [0.15, 0.2) is 29.2 Å². The summed E-state index contributed by atoms with van der Waals surface area (Å²) in [5.41, 5.74) is 10.6. The predicted molar refractivity (Wildman–Crippen MR) is 67.3 cm³/mol. The lowest BCUT2D eigenvalue weighted by molar-refractivity contribution is -0.270. The lowest BCUT2D eigenvalue weighted by Gasteiger charge is -2.03. The summed E-state index contributed by atoms with van der Waals surface area (Å²) in [6, 6.07) is 5.45. The highest BCUT2D eigenvalue weighted by molar-refractivity contribution is 7.84. The number of sulfonamides is 1. The number of guanidine groups is 1. The maximum atomic E-state index is 11.6. The first kappa shape index (κ1) is 14.3. The second-order valence-corrected chi connectivity index (χ2v) is 5.22. The van der Waals surface area contributed by atoms with Gasteiger partial charge < -0.3 is 5.32 Å². The van der Waals surface area contributed by atoms with Crippen LogP contribution in [0.2, 0.25) is 0 Å². The molecule has 18 heavy (non-hydrogen) atoms. The first-order valence-electron chi connectivity index (χ1n) is 4.72. The van der Waals surface area contributed by atoms with Gasteiger partial charge in [0.25, 0.3) is 0 Å². The van der Waals surface area contributed by atoms with Crippen molar-refractivity contribution in [3.8, 4) is 0 Å². The molecule has 98 valence electrons. The topological polar surface area (TPSA) is 129 Å². The van der Waals surface area contributed by atoms with Crippen molar-refractivity contribution < 1.29 is 17.6 Å². The van der Waals surface area contributed by atoms with Gasteiger partial charge in [-0.05, 0) is 24.3 Å². The Labute approximate surface area is 109 Å². The Morgan fingerprint density at radius 2 is 1.83 bits per heavy atom. The molecule has 0 aliphatic heterocycles. The molecule has 1 amide bonds. The zero-order chi connectivity index (χ0) is 13.8. The van der Waals surface area contributed by atoms with E-state index in [1.807, 2.05) is 4.40 Å². The van der Waals surface area contributed by atoms with E-state index in [1.54, 1.807) is 0 Å². The third-order valence-electron chi connectivity index (χ3n) is 1.82. The number of halogens is 1. The molecular formula is C9H12ClN4O3S+. The summed E-state index contributed by atoms with van der Waals surface area (Å²) in [5.74, 6) is -0.986. The zero-order valence-electron chi connectivity index (χ0n) is 9.18. The molecule has 0 atom stereocenters. The van der Waals surface area contributed by atoms with Gasteiger partial charge in [-0.3, -0.25) is 16.3 Å². The molecule has 0 aromatic heterocycles. The van der Waals surface area contributed by atoms with Gasteiger partial charge in [0.1, 0.15) is 10.8 Å². The van der Waals surface area contributed by atoms with E-state index < -0.39 is 16.0 Å². The van der Waals surface area contributed by atoms with Crippen LogP contribution in [-0.2, 0) is 14.8 Å². The van der Waals surface area contributed by atoms with Crippen LogP contribution in [-0.4, -0.2) is 26.2 Å². The minimum atomic E-state index is -3.79. The van der Waals surface area contributed by atoms with Gasteiger partial charge in [-0.15, -0.1) is 11.6 Å². The predicted octanol–water partition coefficient (Wildman–Crippen LogP) is -2.09. The van der Waals surface area contributed by atoms with E-state index >= 15 is 0 Å². The van der Waals surface area contributed by atoms with Crippen LogP contribution in [0.1, 0.15) is 0 Å². The summed E-state index contributed by atoms with van der Waals surface area (Å²) < 4.78 is 25.2. The first-order valence-corrected chi connectivity index (χ1v) is 6.73. The standard InChI is InChI=1S/C9H11ClN4O3S/c10-5-8(15)13-6-1-3-7(4-2-6)18(16,17)14-9(11)12/h1-4H,5H2,(H,13,15)(H4,11,12,14)/p+1. The number of anilines is 1. The van der Waals surface area contributed by atoms with Crippen molar-refractivity contribution in [1.29, 1.82) is 0 Å². The fourth-order valence-corrected chi connectivity index (χ4v) is 2.12. The molecular weight excluding hydrogens is 280 g/mol. The van der Waals surface area contributed by atoms with Gasteiger partial charge in [-0.1, -0.05) is 0 Å². The lowest BCUT2D eigenvalue weighted by Crippen LogP contribution is -2.80. The largest absolute Gasteiger partial charge is 0.353 e. The number of nitrogens with two attached hydrogens (primary N) is 2. The normalized spacial score (nSPS) is 10.7. The highest BCUT2D eigenvalue weighted by Crippen LogP contribution is 2.11. The molecule has 1 rings (SSSR count). The summed E-state index contributed by atoms with van der Waals surface area (Å²) in [4.78, 5) is 11.0. The average molecular weight is 292 g/mol. The summed E-state index contributed by atoms with van der Waals surface area (Å²) >= 11 is 5.31. The average Bonchev–Trinajstić information content (AvgIpc) is 2.28. The van der Waals surface area contributed by atoms with E-state index in [4.69, 9.17) is 23.1 Å². The number of carbonyl (C=O) groups is 1. The summed E-state index contributed by atoms with van der Waals surface area (Å²) in [5, 5.41) is 2.47. The van der Waals surface area contributed by atoms with E-state index in [2.05, 4.69) is 5.32 Å². The Morgan fingerprint density at radius 3 is 2.28 bits per heavy atom. The van der Waals surface area contributed by atoms with Crippen LogP contribution in [0, 0.1) is 0 Å². The second-order valence-electron chi connectivity index (χ2n) is 3.27. The molecule has 0 radical (unpaired) electrons. The number of amides is 1. The van der Waals surface area contributed by atoms with Crippen LogP contribution in [0.4, 0.5) is 5.69 Å². The first-order chi connectivity index (χ1) is 8.35. The lowest BCUT2D eigenvalue weighted by atomic mass is 10.3. The third kappa shape index (κ3) is 3.90. The number of alkyl halides is 1. The van der Waals surface area contributed by atoms with Crippen LogP contribution in [0.3, 0.4) is 0 Å². The molecule has 0 bridgehead atoms. The summed E-state index contributed by atoms with van der Waals surface area (Å²) in [6.07, 6.45) is 0. The summed E-state index contributed by atoms with van der Waals surface area (Å²) in [6.45, 7) is 0. The van der Waals surface area contributed by atoms with Gasteiger partial charge >= 0.3 is 16.0 Å². The van der Waals surface area contributed by atoms with Gasteiger partial charge in [0.05, 0.1) is 0 Å². The van der Waals surface area contributed by atoms with E-state index in [1.165, 1.54) is 24.3 Å². The highest BCUT2D eigenvalue weighted by Gasteiger charge is 2.14. The van der Waals surface area contributed by atoms with Crippen molar-refractivity contribution in [2.75, 3.05) is 11.2 Å². The minimum Gasteiger partial charge on any atom is -0.325 e.